The van der Waals surface area contributed by atoms with Crippen LogP contribution in [0.5, 0.6) is 11.6 Å². The minimum absolute atomic E-state index is 0.0729. The molecule has 7 heteroatoms. The monoisotopic (exact) mass is 414 g/mol. The molecule has 1 fully saturated rings. The van der Waals surface area contributed by atoms with Crippen LogP contribution in [-0.4, -0.2) is 39.1 Å². The Morgan fingerprint density at radius 2 is 2.03 bits per heavy atom. The van der Waals surface area contributed by atoms with E-state index in [1.807, 2.05) is 30.3 Å². The summed E-state index contributed by atoms with van der Waals surface area (Å²) in [5, 5.41) is 13.5. The molecule has 4 aromatic rings. The molecule has 1 aliphatic rings. The van der Waals surface area contributed by atoms with Crippen LogP contribution in [0.3, 0.4) is 0 Å². The number of hydrogen-bond donors (Lipinski definition) is 3. The zero-order chi connectivity index (χ0) is 21.4. The Hall–Kier alpha value is -3.87. The van der Waals surface area contributed by atoms with Gasteiger partial charge in [-0.05, 0) is 67.3 Å². The van der Waals surface area contributed by atoms with Gasteiger partial charge in [-0.2, -0.15) is 0 Å². The number of phenolic OH excluding ortho intramolecular Hbond substituents is 1. The maximum Gasteiger partial charge on any atom is 0.251 e. The van der Waals surface area contributed by atoms with Crippen molar-refractivity contribution in [3.05, 3.63) is 60.3 Å². The first-order chi connectivity index (χ1) is 15.1. The van der Waals surface area contributed by atoms with E-state index in [0.717, 1.165) is 35.0 Å². The fraction of sp³-hybridized carbons (Fsp3) is 0.208. The number of imidazole rings is 1. The minimum Gasteiger partial charge on any atom is -0.507 e. The number of H-pyrrole nitrogens is 1. The average Bonchev–Trinajstić information content (AvgIpc) is 3.19. The molecule has 0 spiro atoms. The first-order valence-electron chi connectivity index (χ1n) is 10.3. The van der Waals surface area contributed by atoms with Gasteiger partial charge in [0.15, 0.2) is 0 Å². The summed E-state index contributed by atoms with van der Waals surface area (Å²) in [6, 6.07) is 14.7. The first kappa shape index (κ1) is 19.1. The fourth-order valence-electron chi connectivity index (χ4n) is 3.77. The number of aromatic amines is 1. The minimum atomic E-state index is -0.0729. The van der Waals surface area contributed by atoms with Crippen LogP contribution < -0.4 is 10.1 Å². The number of nitrogens with zero attached hydrogens (tertiary/aromatic N) is 2. The zero-order valence-corrected chi connectivity index (χ0v) is 17.1. The third kappa shape index (κ3) is 3.59. The van der Waals surface area contributed by atoms with Crippen LogP contribution in [0.4, 0.5) is 0 Å². The van der Waals surface area contributed by atoms with Crippen LogP contribution in [0.25, 0.3) is 33.5 Å². The molecule has 156 valence electrons. The smallest absolute Gasteiger partial charge is 0.251 e. The number of aromatic hydroxyl groups is 1. The highest BCUT2D eigenvalue weighted by Gasteiger charge is 2.20. The van der Waals surface area contributed by atoms with Gasteiger partial charge in [0.05, 0.1) is 23.7 Å². The molecule has 0 radical (unpaired) electrons. The number of aromatic nitrogens is 3. The lowest BCUT2D eigenvalue weighted by atomic mass is 9.93. The summed E-state index contributed by atoms with van der Waals surface area (Å²) in [6.07, 6.45) is 4.92. The second-order valence-electron chi connectivity index (χ2n) is 7.71. The largest absolute Gasteiger partial charge is 0.507 e. The molecule has 5 rings (SSSR count). The molecule has 0 unspecified atom stereocenters. The summed E-state index contributed by atoms with van der Waals surface area (Å²) in [7, 11) is 1.57. The number of pyridine rings is 1. The molecule has 7 nitrogen and oxygen atoms in total. The molecule has 1 aliphatic carbocycles. The third-order valence-corrected chi connectivity index (χ3v) is 5.71. The molecule has 0 aliphatic heterocycles. The van der Waals surface area contributed by atoms with E-state index in [1.165, 1.54) is 6.42 Å². The average molecular weight is 414 g/mol. The Labute approximate surface area is 179 Å². The lowest BCUT2D eigenvalue weighted by Crippen LogP contribution is -2.39. The lowest BCUT2D eigenvalue weighted by molar-refractivity contribution is 0.0917. The number of hydrogen-bond acceptors (Lipinski definition) is 5. The molecule has 2 aromatic heterocycles. The number of methoxy groups -OCH3 is 1. The number of amides is 1. The van der Waals surface area contributed by atoms with E-state index in [0.29, 0.717) is 22.8 Å². The predicted molar refractivity (Wildman–Crippen MR) is 118 cm³/mol. The van der Waals surface area contributed by atoms with Gasteiger partial charge in [-0.1, -0.05) is 6.07 Å². The van der Waals surface area contributed by atoms with Gasteiger partial charge in [-0.25, -0.2) is 9.97 Å². The summed E-state index contributed by atoms with van der Waals surface area (Å²) >= 11 is 0. The second kappa shape index (κ2) is 7.75. The van der Waals surface area contributed by atoms with E-state index in [2.05, 4.69) is 20.3 Å². The Morgan fingerprint density at radius 1 is 1.16 bits per heavy atom. The summed E-state index contributed by atoms with van der Waals surface area (Å²) in [4.78, 5) is 24.6. The zero-order valence-electron chi connectivity index (χ0n) is 17.1. The maximum absolute atomic E-state index is 12.5. The topological polar surface area (TPSA) is 100 Å². The molecule has 31 heavy (non-hydrogen) atoms. The van der Waals surface area contributed by atoms with Gasteiger partial charge in [0, 0.05) is 23.4 Å². The second-order valence-corrected chi connectivity index (χ2v) is 7.71. The van der Waals surface area contributed by atoms with Crippen molar-refractivity contribution in [2.75, 3.05) is 7.11 Å². The van der Waals surface area contributed by atoms with Crippen molar-refractivity contribution in [2.45, 2.75) is 25.3 Å². The van der Waals surface area contributed by atoms with Crippen LogP contribution in [0, 0.1) is 0 Å². The number of fused-ring (bicyclic) bond motifs is 1. The molecule has 3 N–H and O–H groups in total. The Kier molecular flexibility index (Phi) is 4.78. The molecule has 0 bridgehead atoms. The van der Waals surface area contributed by atoms with E-state index < -0.39 is 0 Å². The Bertz CT molecular complexity index is 1280. The lowest BCUT2D eigenvalue weighted by Gasteiger charge is -2.26. The fourth-order valence-corrected chi connectivity index (χ4v) is 3.77. The van der Waals surface area contributed by atoms with E-state index >= 15 is 0 Å². The number of benzene rings is 2. The van der Waals surface area contributed by atoms with Crippen molar-refractivity contribution in [1.29, 1.82) is 0 Å². The number of rotatable bonds is 5. The molecule has 1 saturated carbocycles. The summed E-state index contributed by atoms with van der Waals surface area (Å²) in [6.45, 7) is 0. The van der Waals surface area contributed by atoms with Crippen molar-refractivity contribution in [3.8, 4) is 34.1 Å². The number of phenols is 1. The predicted octanol–water partition coefficient (Wildman–Crippen LogP) is 4.29. The SMILES string of the molecule is COc1ncccc1-c1ccc(O)c(-c2nc3ccc(C(=O)NC4CCC4)cc3[nH]2)c1. The molecule has 2 heterocycles. The van der Waals surface area contributed by atoms with Gasteiger partial charge in [0.2, 0.25) is 5.88 Å². The number of ether oxygens (including phenoxy) is 1. The Balaban J connectivity index is 1.50. The van der Waals surface area contributed by atoms with Gasteiger partial charge in [0.25, 0.3) is 5.91 Å². The quantitative estimate of drug-likeness (QED) is 0.452. The highest BCUT2D eigenvalue weighted by Crippen LogP contribution is 2.35. The highest BCUT2D eigenvalue weighted by molar-refractivity contribution is 5.98. The number of carbonyl (C=O) groups is 1. The molecule has 2 aromatic carbocycles. The van der Waals surface area contributed by atoms with E-state index in [1.54, 1.807) is 31.5 Å². The van der Waals surface area contributed by atoms with Crippen molar-refractivity contribution in [1.82, 2.24) is 20.3 Å². The van der Waals surface area contributed by atoms with Crippen LogP contribution in [0.2, 0.25) is 0 Å². The van der Waals surface area contributed by atoms with Crippen LogP contribution >= 0.6 is 0 Å². The van der Waals surface area contributed by atoms with Gasteiger partial charge >= 0.3 is 0 Å². The third-order valence-electron chi connectivity index (χ3n) is 5.71. The number of nitrogens with one attached hydrogen (secondary N) is 2. The van der Waals surface area contributed by atoms with Crippen LogP contribution in [0.15, 0.2) is 54.7 Å². The van der Waals surface area contributed by atoms with Crippen molar-refractivity contribution >= 4 is 16.9 Å². The van der Waals surface area contributed by atoms with Crippen molar-refractivity contribution in [3.63, 3.8) is 0 Å². The van der Waals surface area contributed by atoms with E-state index in [9.17, 15) is 9.90 Å². The van der Waals surface area contributed by atoms with E-state index in [4.69, 9.17) is 4.74 Å². The number of carbonyl (C=O) groups excluding carboxylic acids is 1. The first-order valence-corrected chi connectivity index (χ1v) is 10.3. The standard InChI is InChI=1S/C24H22N4O3/c1-31-24-17(6-3-11-25-24)14-8-10-21(29)18(12-14)22-27-19-9-7-15(13-20(19)28-22)23(30)26-16-4-2-5-16/h3,6-13,16,29H,2,4-5H2,1H3,(H,26,30)(H,27,28). The molecular weight excluding hydrogens is 392 g/mol. The molecule has 1 amide bonds. The summed E-state index contributed by atoms with van der Waals surface area (Å²) in [5.74, 6) is 1.06. The Morgan fingerprint density at radius 3 is 2.81 bits per heavy atom. The molecule has 0 atom stereocenters. The highest BCUT2D eigenvalue weighted by atomic mass is 16.5. The van der Waals surface area contributed by atoms with Crippen LogP contribution in [-0.2, 0) is 0 Å². The summed E-state index contributed by atoms with van der Waals surface area (Å²) < 4.78 is 5.36. The van der Waals surface area contributed by atoms with Gasteiger partial charge in [0.1, 0.15) is 11.6 Å². The summed E-state index contributed by atoms with van der Waals surface area (Å²) in [5.41, 5.74) is 4.27. The molecule has 0 saturated heterocycles. The van der Waals surface area contributed by atoms with Gasteiger partial charge in [-0.15, -0.1) is 0 Å². The van der Waals surface area contributed by atoms with Crippen LogP contribution in [0.1, 0.15) is 29.6 Å². The van der Waals surface area contributed by atoms with Gasteiger partial charge < -0.3 is 20.1 Å². The van der Waals surface area contributed by atoms with Crippen molar-refractivity contribution in [2.24, 2.45) is 0 Å². The molecular formula is C24H22N4O3. The van der Waals surface area contributed by atoms with Gasteiger partial charge in [-0.3, -0.25) is 4.79 Å². The van der Waals surface area contributed by atoms with Crippen molar-refractivity contribution < 1.29 is 14.6 Å². The normalized spacial score (nSPS) is 13.7. The van der Waals surface area contributed by atoms with E-state index in [-0.39, 0.29) is 17.7 Å². The maximum atomic E-state index is 12.5.